The lowest BCUT2D eigenvalue weighted by Gasteiger charge is -2.10. The molecule has 0 spiro atoms. The summed E-state index contributed by atoms with van der Waals surface area (Å²) in [5.74, 6) is -0.306. The molecule has 0 aliphatic heterocycles. The van der Waals surface area contributed by atoms with Gasteiger partial charge < -0.3 is 14.2 Å². The molecule has 0 fully saturated rings. The molecule has 16 heavy (non-hydrogen) atoms. The highest BCUT2D eigenvalue weighted by Gasteiger charge is 2.53. The van der Waals surface area contributed by atoms with E-state index in [1.54, 1.807) is 0 Å². The van der Waals surface area contributed by atoms with Crippen molar-refractivity contribution in [2.24, 2.45) is 0 Å². The average Bonchev–Trinajstić information content (AvgIpc) is 2.25. The van der Waals surface area contributed by atoms with Gasteiger partial charge in [-0.3, -0.25) is 0 Å². The Kier molecular flexibility index (Phi) is 3.86. The molecule has 0 heterocycles. The van der Waals surface area contributed by atoms with E-state index in [-0.39, 0.29) is 17.2 Å². The van der Waals surface area contributed by atoms with E-state index in [1.165, 1.54) is 33.5 Å². The Bertz CT molecular complexity index is 354. The van der Waals surface area contributed by atoms with Crippen molar-refractivity contribution in [1.82, 2.24) is 0 Å². The van der Waals surface area contributed by atoms with Gasteiger partial charge in [-0.2, -0.15) is 0 Å². The molecule has 0 unspecified atom stereocenters. The molecule has 0 atom stereocenters. The molecular formula is C9H11F3O3P+. The summed E-state index contributed by atoms with van der Waals surface area (Å²) in [6.45, 7) is 0. The molecule has 0 saturated heterocycles. The number of hydrogen-bond donors (Lipinski definition) is 0. The van der Waals surface area contributed by atoms with Crippen LogP contribution in [0, 0.1) is 0 Å². The molecule has 1 aromatic rings. The van der Waals surface area contributed by atoms with E-state index < -0.39 is 13.5 Å². The van der Waals surface area contributed by atoms with Crippen molar-refractivity contribution in [3.8, 4) is 17.2 Å². The first-order chi connectivity index (χ1) is 7.43. The fourth-order valence-electron chi connectivity index (χ4n) is 1.24. The summed E-state index contributed by atoms with van der Waals surface area (Å²) in [6.07, 6.45) is 0. The van der Waals surface area contributed by atoms with Crippen molar-refractivity contribution < 1.29 is 26.8 Å². The average molecular weight is 255 g/mol. The maximum Gasteiger partial charge on any atom is 0.609 e. The standard InChI is InChI=1S/C9H11F3O3P/c1-13-6-4-7(14-2)9(16(10,11)12)8(5-6)15-3/h4-5H,1-3H3/q+1. The molecule has 0 N–H and O–H groups in total. The Labute approximate surface area is 91.8 Å². The fourth-order valence-corrected chi connectivity index (χ4v) is 2.05. The van der Waals surface area contributed by atoms with Crippen molar-refractivity contribution in [1.29, 1.82) is 0 Å². The zero-order valence-corrected chi connectivity index (χ0v) is 9.85. The van der Waals surface area contributed by atoms with Crippen LogP contribution in [0.1, 0.15) is 0 Å². The van der Waals surface area contributed by atoms with Crippen LogP contribution in [0.3, 0.4) is 0 Å². The van der Waals surface area contributed by atoms with Gasteiger partial charge in [-0.1, -0.05) is 0 Å². The van der Waals surface area contributed by atoms with Crippen molar-refractivity contribution >= 4 is 13.5 Å². The van der Waals surface area contributed by atoms with E-state index in [1.807, 2.05) is 0 Å². The predicted molar refractivity (Wildman–Crippen MR) is 56.0 cm³/mol. The van der Waals surface area contributed by atoms with Gasteiger partial charge in [0.25, 0.3) is 5.30 Å². The van der Waals surface area contributed by atoms with E-state index in [0.29, 0.717) is 0 Å². The number of hydrogen-bond acceptors (Lipinski definition) is 3. The highest BCUT2D eigenvalue weighted by atomic mass is 31.3. The Hall–Kier alpha value is -1.16. The van der Waals surface area contributed by atoms with Crippen LogP contribution in [0.4, 0.5) is 12.6 Å². The van der Waals surface area contributed by atoms with E-state index in [9.17, 15) is 12.6 Å². The molecule has 90 valence electrons. The number of rotatable bonds is 4. The third kappa shape index (κ3) is 2.50. The smallest absolute Gasteiger partial charge is 0.496 e. The first-order valence-corrected chi connectivity index (χ1v) is 5.68. The highest BCUT2D eigenvalue weighted by molar-refractivity contribution is 7.68. The van der Waals surface area contributed by atoms with Crippen LogP contribution < -0.4 is 19.5 Å². The van der Waals surface area contributed by atoms with Gasteiger partial charge in [-0.25, -0.2) is 0 Å². The van der Waals surface area contributed by atoms with Crippen LogP contribution in [0.5, 0.6) is 17.2 Å². The van der Waals surface area contributed by atoms with Crippen LogP contribution in [0.25, 0.3) is 0 Å². The van der Waals surface area contributed by atoms with Gasteiger partial charge in [0.2, 0.25) is 0 Å². The Balaban J connectivity index is 3.44. The molecule has 0 radical (unpaired) electrons. The van der Waals surface area contributed by atoms with Crippen LogP contribution in [-0.2, 0) is 0 Å². The quantitative estimate of drug-likeness (QED) is 0.774. The third-order valence-corrected chi connectivity index (χ3v) is 2.89. The monoisotopic (exact) mass is 255 g/mol. The molecule has 0 aliphatic rings. The van der Waals surface area contributed by atoms with Crippen LogP contribution in [0.15, 0.2) is 12.1 Å². The molecule has 7 heteroatoms. The summed E-state index contributed by atoms with van der Waals surface area (Å²) in [5, 5.41) is -0.835. The molecule has 0 aliphatic carbocycles. The Morgan fingerprint density at radius 1 is 0.875 bits per heavy atom. The second-order valence-electron chi connectivity index (χ2n) is 2.83. The molecule has 0 saturated carbocycles. The number of benzene rings is 1. The molecule has 0 bridgehead atoms. The Morgan fingerprint density at radius 2 is 1.31 bits per heavy atom. The van der Waals surface area contributed by atoms with E-state index in [4.69, 9.17) is 14.2 Å². The van der Waals surface area contributed by atoms with Gasteiger partial charge in [0.05, 0.1) is 21.3 Å². The number of halogens is 3. The summed E-state index contributed by atoms with van der Waals surface area (Å²) in [5.41, 5.74) is 0. The van der Waals surface area contributed by atoms with Crippen molar-refractivity contribution in [3.05, 3.63) is 12.1 Å². The lowest BCUT2D eigenvalue weighted by Crippen LogP contribution is -2.10. The first-order valence-electron chi connectivity index (χ1n) is 4.22. The van der Waals surface area contributed by atoms with Crippen molar-refractivity contribution in [2.45, 2.75) is 0 Å². The summed E-state index contributed by atoms with van der Waals surface area (Å²) in [6, 6.07) is 2.37. The fraction of sp³-hybridized carbons (Fsp3) is 0.333. The first kappa shape index (κ1) is 12.9. The van der Waals surface area contributed by atoms with E-state index in [2.05, 4.69) is 0 Å². The topological polar surface area (TPSA) is 27.7 Å². The predicted octanol–water partition coefficient (Wildman–Crippen LogP) is 3.01. The van der Waals surface area contributed by atoms with Gasteiger partial charge in [-0.05, 0) is 0 Å². The summed E-state index contributed by atoms with van der Waals surface area (Å²) in [7, 11) is -2.01. The second kappa shape index (κ2) is 4.78. The van der Waals surface area contributed by atoms with Crippen LogP contribution in [-0.4, -0.2) is 21.3 Å². The van der Waals surface area contributed by atoms with Gasteiger partial charge in [0.15, 0.2) is 11.5 Å². The van der Waals surface area contributed by atoms with Crippen LogP contribution in [0.2, 0.25) is 0 Å². The minimum Gasteiger partial charge on any atom is -0.496 e. The van der Waals surface area contributed by atoms with Gasteiger partial charge in [0.1, 0.15) is 5.75 Å². The zero-order chi connectivity index (χ0) is 12.3. The summed E-state index contributed by atoms with van der Waals surface area (Å²) >= 11 is 0. The highest BCUT2D eigenvalue weighted by Crippen LogP contribution is 2.66. The second-order valence-corrected chi connectivity index (χ2v) is 4.16. The largest absolute Gasteiger partial charge is 0.609 e. The zero-order valence-electron chi connectivity index (χ0n) is 8.96. The van der Waals surface area contributed by atoms with E-state index in [0.717, 1.165) is 0 Å². The molecule has 0 amide bonds. The SMILES string of the molecule is COc1cc(OC)c([P+](F)(F)F)c(OC)c1. The van der Waals surface area contributed by atoms with Gasteiger partial charge in [-0.15, -0.1) is 0 Å². The van der Waals surface area contributed by atoms with Gasteiger partial charge >= 0.3 is 8.19 Å². The minimum atomic E-state index is -5.71. The maximum absolute atomic E-state index is 12.8. The van der Waals surface area contributed by atoms with Crippen molar-refractivity contribution in [2.75, 3.05) is 21.3 Å². The Morgan fingerprint density at radius 3 is 1.56 bits per heavy atom. The maximum atomic E-state index is 12.8. The number of ether oxygens (including phenoxy) is 3. The van der Waals surface area contributed by atoms with Gasteiger partial charge in [0, 0.05) is 24.7 Å². The normalized spacial score (nSPS) is 11.1. The van der Waals surface area contributed by atoms with E-state index >= 15 is 0 Å². The summed E-state index contributed by atoms with van der Waals surface area (Å²) in [4.78, 5) is 0. The third-order valence-electron chi connectivity index (χ3n) is 1.94. The lowest BCUT2D eigenvalue weighted by molar-refractivity contribution is 0.378. The lowest BCUT2D eigenvalue weighted by atomic mass is 10.3. The molecule has 0 aromatic heterocycles. The van der Waals surface area contributed by atoms with Crippen LogP contribution >= 0.6 is 8.19 Å². The molecule has 1 rings (SSSR count). The molecule has 1 aromatic carbocycles. The molecule has 3 nitrogen and oxygen atoms in total. The summed E-state index contributed by atoms with van der Waals surface area (Å²) < 4.78 is 52.7. The minimum absolute atomic E-state index is 0.255. The number of methoxy groups -OCH3 is 3. The van der Waals surface area contributed by atoms with Crippen molar-refractivity contribution in [3.63, 3.8) is 0 Å². The molecular weight excluding hydrogens is 244 g/mol.